The number of amides is 1. The second-order valence-corrected chi connectivity index (χ2v) is 4.99. The van der Waals surface area contributed by atoms with Gasteiger partial charge in [0.15, 0.2) is 0 Å². The zero-order chi connectivity index (χ0) is 14.8. The van der Waals surface area contributed by atoms with Crippen LogP contribution >= 0.6 is 0 Å². The minimum atomic E-state index is -0.179. The zero-order valence-corrected chi connectivity index (χ0v) is 11.7. The molecular formula is C16H16N4O. The van der Waals surface area contributed by atoms with Crippen LogP contribution in [0.2, 0.25) is 0 Å². The molecule has 1 heterocycles. The van der Waals surface area contributed by atoms with Crippen molar-refractivity contribution >= 4 is 22.4 Å². The summed E-state index contributed by atoms with van der Waals surface area (Å²) in [6.07, 6.45) is 3.59. The molecule has 5 nitrogen and oxygen atoms in total. The lowest BCUT2D eigenvalue weighted by atomic mass is 10.0. The molecule has 0 radical (unpaired) electrons. The second kappa shape index (κ2) is 5.28. The molecule has 0 aliphatic carbocycles. The van der Waals surface area contributed by atoms with Crippen LogP contribution in [-0.2, 0) is 13.6 Å². The van der Waals surface area contributed by atoms with E-state index >= 15 is 0 Å². The van der Waals surface area contributed by atoms with E-state index in [-0.39, 0.29) is 5.91 Å². The van der Waals surface area contributed by atoms with Crippen LogP contribution in [0, 0.1) is 0 Å². The molecule has 0 atom stereocenters. The molecule has 0 fully saturated rings. The Morgan fingerprint density at radius 2 is 2.00 bits per heavy atom. The van der Waals surface area contributed by atoms with Gasteiger partial charge in [-0.05, 0) is 22.9 Å². The van der Waals surface area contributed by atoms with Crippen molar-refractivity contribution in [2.24, 2.45) is 7.05 Å². The molecule has 0 saturated carbocycles. The van der Waals surface area contributed by atoms with Crippen LogP contribution in [0.5, 0.6) is 0 Å². The fraction of sp³-hybridized carbons (Fsp3) is 0.125. The van der Waals surface area contributed by atoms with E-state index in [1.807, 2.05) is 49.6 Å². The van der Waals surface area contributed by atoms with Gasteiger partial charge in [0.25, 0.3) is 5.91 Å². The summed E-state index contributed by atoms with van der Waals surface area (Å²) in [6, 6.07) is 11.5. The molecule has 1 amide bonds. The first-order valence-electron chi connectivity index (χ1n) is 6.67. The standard InChI is InChI=1S/C16H16N4O/c1-20-10-11(9-19-20)8-18-16(21)14-6-12-4-2-3-5-13(12)7-15(14)17/h2-7,9-10H,8,17H2,1H3,(H,18,21). The Morgan fingerprint density at radius 3 is 2.67 bits per heavy atom. The monoisotopic (exact) mass is 280 g/mol. The summed E-state index contributed by atoms with van der Waals surface area (Å²) in [5.74, 6) is -0.179. The first-order chi connectivity index (χ1) is 10.1. The average Bonchev–Trinajstić information content (AvgIpc) is 2.89. The van der Waals surface area contributed by atoms with Crippen LogP contribution < -0.4 is 11.1 Å². The number of benzene rings is 2. The van der Waals surface area contributed by atoms with Crippen LogP contribution in [0.4, 0.5) is 5.69 Å². The number of nitrogens with two attached hydrogens (primary N) is 1. The van der Waals surface area contributed by atoms with E-state index in [1.165, 1.54) is 0 Å². The molecule has 0 spiro atoms. The lowest BCUT2D eigenvalue weighted by Crippen LogP contribution is -2.23. The van der Waals surface area contributed by atoms with Crippen LogP contribution in [-0.4, -0.2) is 15.7 Å². The summed E-state index contributed by atoms with van der Waals surface area (Å²) >= 11 is 0. The van der Waals surface area contributed by atoms with Gasteiger partial charge in [-0.15, -0.1) is 0 Å². The number of hydrogen-bond donors (Lipinski definition) is 2. The minimum Gasteiger partial charge on any atom is -0.398 e. The van der Waals surface area contributed by atoms with E-state index in [0.717, 1.165) is 16.3 Å². The fourth-order valence-corrected chi connectivity index (χ4v) is 2.30. The number of aromatic nitrogens is 2. The summed E-state index contributed by atoms with van der Waals surface area (Å²) in [6.45, 7) is 0.430. The number of rotatable bonds is 3. The van der Waals surface area contributed by atoms with E-state index in [9.17, 15) is 4.79 Å². The van der Waals surface area contributed by atoms with Crippen molar-refractivity contribution in [1.29, 1.82) is 0 Å². The highest BCUT2D eigenvalue weighted by Gasteiger charge is 2.11. The van der Waals surface area contributed by atoms with Gasteiger partial charge >= 0.3 is 0 Å². The molecule has 1 aromatic heterocycles. The van der Waals surface area contributed by atoms with Gasteiger partial charge in [0.05, 0.1) is 11.8 Å². The Hall–Kier alpha value is -2.82. The van der Waals surface area contributed by atoms with Crippen LogP contribution in [0.15, 0.2) is 48.8 Å². The molecule has 0 bridgehead atoms. The van der Waals surface area contributed by atoms with Gasteiger partial charge in [0.2, 0.25) is 0 Å². The predicted molar refractivity (Wildman–Crippen MR) is 82.7 cm³/mol. The minimum absolute atomic E-state index is 0.179. The fourth-order valence-electron chi connectivity index (χ4n) is 2.30. The van der Waals surface area contributed by atoms with Crippen molar-refractivity contribution in [3.63, 3.8) is 0 Å². The number of nitrogens with one attached hydrogen (secondary N) is 1. The number of carbonyl (C=O) groups is 1. The summed E-state index contributed by atoms with van der Waals surface area (Å²) in [5.41, 5.74) is 7.91. The first-order valence-corrected chi connectivity index (χ1v) is 6.67. The molecule has 0 aliphatic heterocycles. The smallest absolute Gasteiger partial charge is 0.253 e. The number of fused-ring (bicyclic) bond motifs is 1. The number of anilines is 1. The SMILES string of the molecule is Cn1cc(CNC(=O)c2cc3ccccc3cc2N)cn1. The number of aryl methyl sites for hydroxylation is 1. The molecule has 0 saturated heterocycles. The summed E-state index contributed by atoms with van der Waals surface area (Å²) in [7, 11) is 1.84. The van der Waals surface area contributed by atoms with Crippen LogP contribution in [0.3, 0.4) is 0 Å². The molecule has 0 unspecified atom stereocenters. The second-order valence-electron chi connectivity index (χ2n) is 4.99. The third-order valence-corrected chi connectivity index (χ3v) is 3.37. The number of nitrogen functional groups attached to an aromatic ring is 1. The zero-order valence-electron chi connectivity index (χ0n) is 11.7. The van der Waals surface area contributed by atoms with E-state index in [4.69, 9.17) is 5.73 Å². The Morgan fingerprint density at radius 1 is 1.29 bits per heavy atom. The summed E-state index contributed by atoms with van der Waals surface area (Å²) in [5, 5.41) is 8.95. The van der Waals surface area contributed by atoms with Gasteiger partial charge in [-0.2, -0.15) is 5.10 Å². The Bertz CT molecular complexity index is 807. The van der Waals surface area contributed by atoms with E-state index in [2.05, 4.69) is 10.4 Å². The maximum absolute atomic E-state index is 12.3. The number of nitrogens with zero attached hydrogens (tertiary/aromatic N) is 2. The number of hydrogen-bond acceptors (Lipinski definition) is 3. The first kappa shape index (κ1) is 13.2. The lowest BCUT2D eigenvalue weighted by molar-refractivity contribution is 0.0952. The van der Waals surface area contributed by atoms with E-state index in [0.29, 0.717) is 17.8 Å². The van der Waals surface area contributed by atoms with Crippen LogP contribution in [0.25, 0.3) is 10.8 Å². The van der Waals surface area contributed by atoms with Gasteiger partial charge < -0.3 is 11.1 Å². The third-order valence-electron chi connectivity index (χ3n) is 3.37. The topological polar surface area (TPSA) is 72.9 Å². The molecule has 0 aliphatic rings. The average molecular weight is 280 g/mol. The molecule has 3 N–H and O–H groups in total. The number of carbonyl (C=O) groups excluding carboxylic acids is 1. The largest absolute Gasteiger partial charge is 0.398 e. The maximum Gasteiger partial charge on any atom is 0.253 e. The molecular weight excluding hydrogens is 264 g/mol. The third kappa shape index (κ3) is 2.72. The normalized spacial score (nSPS) is 10.7. The van der Waals surface area contributed by atoms with Crippen molar-refractivity contribution in [3.8, 4) is 0 Å². The van der Waals surface area contributed by atoms with Gasteiger partial charge in [-0.1, -0.05) is 24.3 Å². The van der Waals surface area contributed by atoms with Gasteiger partial charge in [0, 0.05) is 31.0 Å². The van der Waals surface area contributed by atoms with Crippen molar-refractivity contribution in [1.82, 2.24) is 15.1 Å². The highest BCUT2D eigenvalue weighted by atomic mass is 16.1. The Labute approximate surface area is 122 Å². The summed E-state index contributed by atoms with van der Waals surface area (Å²) < 4.78 is 1.70. The van der Waals surface area contributed by atoms with Crippen LogP contribution in [0.1, 0.15) is 15.9 Å². The van der Waals surface area contributed by atoms with E-state index in [1.54, 1.807) is 10.9 Å². The van der Waals surface area contributed by atoms with Crippen molar-refractivity contribution in [3.05, 3.63) is 59.9 Å². The van der Waals surface area contributed by atoms with Crippen molar-refractivity contribution in [2.75, 3.05) is 5.73 Å². The highest BCUT2D eigenvalue weighted by Crippen LogP contribution is 2.21. The van der Waals surface area contributed by atoms with Gasteiger partial charge in [-0.3, -0.25) is 9.48 Å². The molecule has 5 heteroatoms. The van der Waals surface area contributed by atoms with Crippen molar-refractivity contribution in [2.45, 2.75) is 6.54 Å². The van der Waals surface area contributed by atoms with Gasteiger partial charge in [0.1, 0.15) is 0 Å². The molecule has 21 heavy (non-hydrogen) atoms. The Kier molecular flexibility index (Phi) is 3.31. The van der Waals surface area contributed by atoms with E-state index < -0.39 is 0 Å². The van der Waals surface area contributed by atoms with Gasteiger partial charge in [-0.25, -0.2) is 0 Å². The molecule has 106 valence electrons. The highest BCUT2D eigenvalue weighted by molar-refractivity contribution is 6.03. The maximum atomic E-state index is 12.3. The van der Waals surface area contributed by atoms with Crippen molar-refractivity contribution < 1.29 is 4.79 Å². The molecule has 3 aromatic rings. The quantitative estimate of drug-likeness (QED) is 0.721. The predicted octanol–water partition coefficient (Wildman–Crippen LogP) is 2.09. The summed E-state index contributed by atoms with van der Waals surface area (Å²) in [4.78, 5) is 12.3. The lowest BCUT2D eigenvalue weighted by Gasteiger charge is -2.08. The Balaban J connectivity index is 1.82. The molecule has 2 aromatic carbocycles. The molecule has 3 rings (SSSR count).